The van der Waals surface area contributed by atoms with E-state index in [2.05, 4.69) is 10.6 Å². The highest BCUT2D eigenvalue weighted by molar-refractivity contribution is 6.08. The summed E-state index contributed by atoms with van der Waals surface area (Å²) in [7, 11) is 0. The zero-order valence-electron chi connectivity index (χ0n) is 43.8. The molecule has 4 aliphatic heterocycles. The second-order valence-corrected chi connectivity index (χ2v) is 21.0. The molecular formula is C55H56F6N10O8. The van der Waals surface area contributed by atoms with Crippen molar-refractivity contribution in [3.8, 4) is 6.07 Å². The normalized spacial score (nSPS) is 17.8. The molecule has 2 atom stereocenters. The minimum Gasteiger partial charge on any atom is -0.444 e. The number of carbonyl (C=O) groups excluding carboxylic acids is 6. The quantitative estimate of drug-likeness (QED) is 0.0853. The predicted octanol–water partition coefficient (Wildman–Crippen LogP) is 9.09. The Kier molecular flexibility index (Phi) is 15.4. The average molecular weight is 1100 g/mol. The van der Waals surface area contributed by atoms with Crippen molar-refractivity contribution < 1.29 is 64.6 Å². The van der Waals surface area contributed by atoms with Crippen LogP contribution in [-0.2, 0) is 31.4 Å². The fourth-order valence-electron chi connectivity index (χ4n) is 9.45. The van der Waals surface area contributed by atoms with Crippen molar-refractivity contribution in [1.82, 2.24) is 30.2 Å². The number of carbonyl (C=O) groups is 6. The van der Waals surface area contributed by atoms with Crippen LogP contribution >= 0.6 is 0 Å². The van der Waals surface area contributed by atoms with Crippen molar-refractivity contribution in [2.24, 2.45) is 0 Å². The summed E-state index contributed by atoms with van der Waals surface area (Å²) in [5.74, 6) is -1.21. The van der Waals surface area contributed by atoms with Gasteiger partial charge in [0.2, 0.25) is 0 Å². The number of nitrogen functional groups attached to an aromatic ring is 1. The fourth-order valence-corrected chi connectivity index (χ4v) is 9.45. The van der Waals surface area contributed by atoms with Crippen LogP contribution in [0.15, 0.2) is 120 Å². The van der Waals surface area contributed by atoms with E-state index in [1.807, 2.05) is 6.07 Å². The fraction of sp³-hybridized carbons (Fsp3) is 0.364. The molecular weight excluding hydrogens is 1040 g/mol. The van der Waals surface area contributed by atoms with Crippen molar-refractivity contribution in [2.45, 2.75) is 77.2 Å². The van der Waals surface area contributed by atoms with Gasteiger partial charge in [-0.3, -0.25) is 19.4 Å². The standard InChI is InChI=1S/C55H56F6N10O8/c1-52(2,3)78-50(76)66(23-25-68-30-40-42(46(68)72)44(33-15-13-32(29-62)14-16-33)64-48(74)70(40)38-11-7-9-35(27-38)54(56,57)58)21-22-67(51(77)79-53(4,5)6)24-26-69-31-41-43(47(69)73)45(34-17-19-37(63)20-18-34)65-49(75)71(41)39-12-8-10-36(28-39)55(59,60)61/h7-20,27-28,44-45H,21-26,30-31,63H2,1-6H3,(H,64,74)(H,65,75)/t44-,45-/m1/s1. The molecule has 0 fully saturated rings. The maximum Gasteiger partial charge on any atom is 0.416 e. The van der Waals surface area contributed by atoms with Crippen LogP contribution in [0, 0.1) is 11.3 Å². The molecule has 0 spiro atoms. The first kappa shape index (κ1) is 56.5. The number of hydrogen-bond acceptors (Lipinski definition) is 10. The number of benzene rings is 4. The number of nitrogens with two attached hydrogens (primary N) is 1. The van der Waals surface area contributed by atoms with Gasteiger partial charge in [0.1, 0.15) is 11.2 Å². The molecule has 4 aromatic carbocycles. The van der Waals surface area contributed by atoms with Crippen molar-refractivity contribution in [3.63, 3.8) is 0 Å². The van der Waals surface area contributed by atoms with Gasteiger partial charge in [-0.2, -0.15) is 31.6 Å². The van der Waals surface area contributed by atoms with E-state index in [0.717, 1.165) is 46.2 Å². The van der Waals surface area contributed by atoms with Gasteiger partial charge >= 0.3 is 36.6 Å². The summed E-state index contributed by atoms with van der Waals surface area (Å²) in [6.45, 7) is 7.83. The summed E-state index contributed by atoms with van der Waals surface area (Å²) >= 11 is 0. The largest absolute Gasteiger partial charge is 0.444 e. The third kappa shape index (κ3) is 12.5. The van der Waals surface area contributed by atoms with E-state index in [0.29, 0.717) is 22.4 Å². The molecule has 0 radical (unpaired) electrons. The van der Waals surface area contributed by atoms with Crippen LogP contribution in [0.4, 0.5) is 62.6 Å². The number of alkyl halides is 6. The number of rotatable bonds is 13. The molecule has 0 saturated carbocycles. The molecule has 0 saturated heterocycles. The Hall–Kier alpha value is -8.75. The molecule has 0 aliphatic carbocycles. The zero-order chi connectivity index (χ0) is 57.5. The van der Waals surface area contributed by atoms with E-state index in [1.165, 1.54) is 43.9 Å². The number of nitrogens with one attached hydrogen (secondary N) is 2. The van der Waals surface area contributed by atoms with Crippen molar-refractivity contribution >= 4 is 53.1 Å². The van der Waals surface area contributed by atoms with E-state index in [1.54, 1.807) is 77.9 Å². The Morgan fingerprint density at radius 3 is 1.34 bits per heavy atom. The van der Waals surface area contributed by atoms with Gasteiger partial charge < -0.3 is 45.4 Å². The summed E-state index contributed by atoms with van der Waals surface area (Å²) < 4.78 is 95.3. The van der Waals surface area contributed by atoms with Crippen molar-refractivity contribution in [3.05, 3.63) is 147 Å². The number of urea groups is 2. The lowest BCUT2D eigenvalue weighted by molar-refractivity contribution is -0.138. The van der Waals surface area contributed by atoms with Gasteiger partial charge in [-0.15, -0.1) is 0 Å². The van der Waals surface area contributed by atoms with Crippen LogP contribution in [0.25, 0.3) is 0 Å². The van der Waals surface area contributed by atoms with Crippen molar-refractivity contribution in [2.75, 3.05) is 67.9 Å². The van der Waals surface area contributed by atoms with Crippen LogP contribution in [-0.4, -0.2) is 119 Å². The lowest BCUT2D eigenvalue weighted by atomic mass is 9.94. The minimum atomic E-state index is -4.77. The SMILES string of the molecule is CC(C)(C)OC(=O)N(CCN(CCN1CC2=C(C1=O)[C@@H](c1ccc(C#N)cc1)NC(=O)N2c1cccc(C(F)(F)F)c1)C(=O)OC(C)(C)C)CCN1CC2=C(C1=O)[C@@H](c1ccc(N)cc1)NC(=O)N2c1cccc(C(F)(F)F)c1. The van der Waals surface area contributed by atoms with Gasteiger partial charge in [0.05, 0.1) is 81.8 Å². The minimum absolute atomic E-state index is 0.0344. The molecule has 4 heterocycles. The van der Waals surface area contributed by atoms with Crippen LogP contribution in [0.5, 0.6) is 0 Å². The molecule has 4 aromatic rings. The maximum absolute atomic E-state index is 14.6. The summed E-state index contributed by atoms with van der Waals surface area (Å²) in [6, 6.07) is 18.8. The lowest BCUT2D eigenvalue weighted by Crippen LogP contribution is -2.48. The molecule has 8 rings (SSSR count). The third-order valence-corrected chi connectivity index (χ3v) is 13.1. The van der Waals surface area contributed by atoms with Crippen molar-refractivity contribution in [1.29, 1.82) is 5.26 Å². The molecule has 8 amide bonds. The second kappa shape index (κ2) is 21.6. The Bertz CT molecular complexity index is 3180. The van der Waals surface area contributed by atoms with Crippen LogP contribution in [0.3, 0.4) is 0 Å². The third-order valence-electron chi connectivity index (χ3n) is 13.1. The number of ether oxygens (including phenoxy) is 2. The monoisotopic (exact) mass is 1100 g/mol. The Morgan fingerprint density at radius 1 is 0.608 bits per heavy atom. The molecule has 4 aliphatic rings. The van der Waals surface area contributed by atoms with E-state index >= 15 is 0 Å². The highest BCUT2D eigenvalue weighted by Crippen LogP contribution is 2.42. The predicted molar refractivity (Wildman–Crippen MR) is 275 cm³/mol. The number of nitrogens with zero attached hydrogens (tertiary/aromatic N) is 7. The molecule has 79 heavy (non-hydrogen) atoms. The van der Waals surface area contributed by atoms with Gasteiger partial charge in [-0.25, -0.2) is 19.2 Å². The van der Waals surface area contributed by atoms with E-state index in [-0.39, 0.29) is 86.3 Å². The highest BCUT2D eigenvalue weighted by atomic mass is 19.4. The summed E-state index contributed by atoms with van der Waals surface area (Å²) in [4.78, 5) is 92.4. The molecule has 18 nitrogen and oxygen atoms in total. The first-order chi connectivity index (χ1) is 37.0. The molecule has 24 heteroatoms. The van der Waals surface area contributed by atoms with E-state index in [4.69, 9.17) is 15.2 Å². The molecule has 4 N–H and O–H groups in total. The van der Waals surface area contributed by atoms with E-state index in [9.17, 15) is 60.4 Å². The lowest BCUT2D eigenvalue weighted by Gasteiger charge is -2.34. The van der Waals surface area contributed by atoms with E-state index < -0.39 is 82.8 Å². The zero-order valence-corrected chi connectivity index (χ0v) is 43.8. The first-order valence-electron chi connectivity index (χ1n) is 24.9. The number of nitriles is 1. The Morgan fingerprint density at radius 2 is 0.987 bits per heavy atom. The highest BCUT2D eigenvalue weighted by Gasteiger charge is 2.47. The molecule has 0 bridgehead atoms. The van der Waals surface area contributed by atoms with Gasteiger partial charge in [-0.05, 0) is 113 Å². The summed E-state index contributed by atoms with van der Waals surface area (Å²) in [5.41, 5.74) is 3.30. The second-order valence-electron chi connectivity index (χ2n) is 21.0. The number of amides is 8. The van der Waals surface area contributed by atoms with Gasteiger partial charge in [0.25, 0.3) is 11.8 Å². The van der Waals surface area contributed by atoms with Gasteiger partial charge in [-0.1, -0.05) is 36.4 Å². The molecule has 0 aromatic heterocycles. The maximum atomic E-state index is 14.6. The Labute approximate surface area is 450 Å². The van der Waals surface area contributed by atoms with Gasteiger partial charge in [0.15, 0.2) is 0 Å². The number of halogens is 6. The topological polar surface area (TPSA) is 214 Å². The van der Waals surface area contributed by atoms with Crippen LogP contribution < -0.4 is 26.2 Å². The summed E-state index contributed by atoms with van der Waals surface area (Å²) in [6.07, 6.45) is -11.2. The molecule has 0 unspecified atom stereocenters. The first-order valence-corrected chi connectivity index (χ1v) is 24.9. The number of hydrogen-bond donors (Lipinski definition) is 3. The van der Waals surface area contributed by atoms with Gasteiger partial charge in [0, 0.05) is 45.0 Å². The Balaban J connectivity index is 1.05. The average Bonchev–Trinajstić information content (AvgIpc) is 4.10. The smallest absolute Gasteiger partial charge is 0.416 e. The molecule has 416 valence electrons. The van der Waals surface area contributed by atoms with Crippen LogP contribution in [0.1, 0.15) is 81.4 Å². The summed E-state index contributed by atoms with van der Waals surface area (Å²) in [5, 5.41) is 14.9. The number of anilines is 3. The van der Waals surface area contributed by atoms with Crippen LogP contribution in [0.2, 0.25) is 0 Å².